The normalized spacial score (nSPS) is 23.3. The summed E-state index contributed by atoms with van der Waals surface area (Å²) < 4.78 is 11.4. The van der Waals surface area contributed by atoms with Crippen molar-refractivity contribution >= 4 is 17.7 Å². The van der Waals surface area contributed by atoms with Gasteiger partial charge in [0.1, 0.15) is 12.2 Å². The Morgan fingerprint density at radius 2 is 1.60 bits per heavy atom. The SMILES string of the molecule is CCc1ccccc1NC1=CC2(C(=O)OC(C)(C)C)CCC1(NC(=O)OCc1ccccc1)CC2. The number of ether oxygens (including phenoxy) is 2. The average molecular weight is 477 g/mol. The monoisotopic (exact) mass is 476 g/mol. The van der Waals surface area contributed by atoms with E-state index in [4.69, 9.17) is 9.47 Å². The van der Waals surface area contributed by atoms with Gasteiger partial charge in [0.05, 0.1) is 11.0 Å². The second-order valence-corrected chi connectivity index (χ2v) is 10.6. The molecule has 0 heterocycles. The molecule has 0 radical (unpaired) electrons. The summed E-state index contributed by atoms with van der Waals surface area (Å²) in [4.78, 5) is 26.2. The minimum atomic E-state index is -0.700. The molecular weight excluding hydrogens is 440 g/mol. The highest BCUT2D eigenvalue weighted by atomic mass is 16.6. The Kier molecular flexibility index (Phi) is 6.93. The average Bonchev–Trinajstić information content (AvgIpc) is 2.84. The first-order valence-corrected chi connectivity index (χ1v) is 12.5. The number of carbonyl (C=O) groups is 2. The molecule has 5 rings (SSSR count). The van der Waals surface area contributed by atoms with E-state index >= 15 is 0 Å². The number of rotatable bonds is 7. The van der Waals surface area contributed by atoms with Gasteiger partial charge in [-0.3, -0.25) is 4.79 Å². The molecule has 6 heteroatoms. The molecule has 6 nitrogen and oxygen atoms in total. The Labute approximate surface area is 208 Å². The topological polar surface area (TPSA) is 76.7 Å². The van der Waals surface area contributed by atoms with Crippen LogP contribution in [-0.4, -0.2) is 23.2 Å². The number of benzene rings is 2. The second kappa shape index (κ2) is 9.76. The first-order valence-electron chi connectivity index (χ1n) is 12.5. The fourth-order valence-corrected chi connectivity index (χ4v) is 4.99. The lowest BCUT2D eigenvalue weighted by Gasteiger charge is -2.51. The largest absolute Gasteiger partial charge is 0.459 e. The van der Waals surface area contributed by atoms with Crippen molar-refractivity contribution in [1.29, 1.82) is 0 Å². The first-order chi connectivity index (χ1) is 16.6. The van der Waals surface area contributed by atoms with Crippen LogP contribution in [0.25, 0.3) is 0 Å². The molecule has 0 unspecified atom stereocenters. The van der Waals surface area contributed by atoms with Crippen LogP contribution in [0.2, 0.25) is 0 Å². The van der Waals surface area contributed by atoms with E-state index in [-0.39, 0.29) is 12.6 Å². The molecule has 1 fully saturated rings. The highest BCUT2D eigenvalue weighted by molar-refractivity contribution is 5.82. The number of carbonyl (C=O) groups excluding carboxylic acids is 2. The Hall–Kier alpha value is -3.28. The number of fused-ring (bicyclic) bond motifs is 2. The fraction of sp³-hybridized carbons (Fsp3) is 0.448. The number of aryl methyl sites for hydroxylation is 1. The van der Waals surface area contributed by atoms with Crippen LogP contribution in [0.4, 0.5) is 10.5 Å². The summed E-state index contributed by atoms with van der Waals surface area (Å²) in [6.45, 7) is 7.99. The third kappa shape index (κ3) is 5.53. The van der Waals surface area contributed by atoms with Crippen LogP contribution >= 0.6 is 0 Å². The van der Waals surface area contributed by atoms with Gasteiger partial charge in [-0.15, -0.1) is 0 Å². The Balaban J connectivity index is 1.61. The molecule has 0 aliphatic heterocycles. The highest BCUT2D eigenvalue weighted by Gasteiger charge is 2.55. The summed E-state index contributed by atoms with van der Waals surface area (Å²) in [6, 6.07) is 17.7. The van der Waals surface area contributed by atoms with Gasteiger partial charge >= 0.3 is 12.1 Å². The van der Waals surface area contributed by atoms with Crippen LogP contribution in [-0.2, 0) is 27.3 Å². The summed E-state index contributed by atoms with van der Waals surface area (Å²) in [7, 11) is 0. The minimum Gasteiger partial charge on any atom is -0.459 e. The van der Waals surface area contributed by atoms with Crippen molar-refractivity contribution < 1.29 is 19.1 Å². The Bertz CT molecular complexity index is 1090. The van der Waals surface area contributed by atoms with E-state index in [1.807, 2.05) is 75.4 Å². The molecule has 2 aromatic rings. The number of para-hydroxylation sites is 1. The number of esters is 1. The van der Waals surface area contributed by atoms with Crippen molar-refractivity contribution in [3.05, 3.63) is 77.5 Å². The molecule has 0 atom stereocenters. The molecule has 3 aliphatic rings. The summed E-state index contributed by atoms with van der Waals surface area (Å²) >= 11 is 0. The predicted octanol–water partition coefficient (Wildman–Crippen LogP) is 6.13. The van der Waals surface area contributed by atoms with Crippen LogP contribution in [0, 0.1) is 5.41 Å². The van der Waals surface area contributed by atoms with Gasteiger partial charge in [-0.05, 0) is 76.1 Å². The van der Waals surface area contributed by atoms with Gasteiger partial charge in [0.2, 0.25) is 0 Å². The summed E-state index contributed by atoms with van der Waals surface area (Å²) in [5, 5.41) is 6.74. The number of amides is 1. The van der Waals surface area contributed by atoms with Crippen LogP contribution in [0.15, 0.2) is 66.4 Å². The van der Waals surface area contributed by atoms with Crippen molar-refractivity contribution in [3.8, 4) is 0 Å². The molecule has 0 spiro atoms. The third-order valence-corrected chi connectivity index (χ3v) is 6.96. The van der Waals surface area contributed by atoms with Crippen molar-refractivity contribution in [1.82, 2.24) is 5.32 Å². The van der Waals surface area contributed by atoms with E-state index < -0.39 is 22.6 Å². The molecule has 0 aromatic heterocycles. The maximum atomic E-state index is 13.3. The zero-order valence-corrected chi connectivity index (χ0v) is 21.1. The number of hydrogen-bond acceptors (Lipinski definition) is 5. The van der Waals surface area contributed by atoms with Crippen molar-refractivity contribution in [3.63, 3.8) is 0 Å². The third-order valence-electron chi connectivity index (χ3n) is 6.96. The molecule has 1 amide bonds. The Morgan fingerprint density at radius 1 is 0.943 bits per heavy atom. The molecule has 186 valence electrons. The Morgan fingerprint density at radius 3 is 2.26 bits per heavy atom. The number of anilines is 1. The maximum absolute atomic E-state index is 13.3. The van der Waals surface area contributed by atoms with E-state index in [0.717, 1.165) is 23.4 Å². The lowest BCUT2D eigenvalue weighted by Crippen LogP contribution is -2.60. The van der Waals surface area contributed by atoms with Crippen LogP contribution in [0.3, 0.4) is 0 Å². The maximum Gasteiger partial charge on any atom is 0.408 e. The highest BCUT2D eigenvalue weighted by Crippen LogP contribution is 2.52. The minimum absolute atomic E-state index is 0.201. The molecule has 35 heavy (non-hydrogen) atoms. The van der Waals surface area contributed by atoms with E-state index in [1.165, 1.54) is 5.56 Å². The molecule has 2 bridgehead atoms. The van der Waals surface area contributed by atoms with Crippen molar-refractivity contribution in [2.45, 2.75) is 77.5 Å². The number of nitrogens with one attached hydrogen (secondary N) is 2. The van der Waals surface area contributed by atoms with Gasteiger partial charge in [0, 0.05) is 11.4 Å². The van der Waals surface area contributed by atoms with Gasteiger partial charge < -0.3 is 20.1 Å². The predicted molar refractivity (Wildman–Crippen MR) is 137 cm³/mol. The number of alkyl carbamates (subject to hydrolysis) is 1. The zero-order valence-electron chi connectivity index (χ0n) is 21.1. The molecule has 1 saturated carbocycles. The van der Waals surface area contributed by atoms with Gasteiger partial charge in [0.25, 0.3) is 0 Å². The lowest BCUT2D eigenvalue weighted by molar-refractivity contribution is -0.167. The van der Waals surface area contributed by atoms with E-state index in [1.54, 1.807) is 0 Å². The van der Waals surface area contributed by atoms with E-state index in [2.05, 4.69) is 23.6 Å². The van der Waals surface area contributed by atoms with Crippen LogP contribution < -0.4 is 10.6 Å². The summed E-state index contributed by atoms with van der Waals surface area (Å²) in [6.07, 6.45) is 4.88. The summed E-state index contributed by atoms with van der Waals surface area (Å²) in [5.74, 6) is -0.201. The van der Waals surface area contributed by atoms with Crippen molar-refractivity contribution in [2.24, 2.45) is 5.41 Å². The van der Waals surface area contributed by atoms with Gasteiger partial charge in [0.15, 0.2) is 0 Å². The fourth-order valence-electron chi connectivity index (χ4n) is 4.99. The van der Waals surface area contributed by atoms with Gasteiger partial charge in [-0.25, -0.2) is 4.79 Å². The van der Waals surface area contributed by atoms with Gasteiger partial charge in [-0.2, -0.15) is 0 Å². The molecule has 2 N–H and O–H groups in total. The second-order valence-electron chi connectivity index (χ2n) is 10.6. The van der Waals surface area contributed by atoms with Crippen LogP contribution in [0.1, 0.15) is 64.5 Å². The van der Waals surface area contributed by atoms with E-state index in [9.17, 15) is 9.59 Å². The summed E-state index contributed by atoms with van der Waals surface area (Å²) in [5.41, 5.74) is 2.02. The zero-order chi connectivity index (χ0) is 25.1. The first kappa shape index (κ1) is 24.8. The standard InChI is InChI=1S/C29H36N2O4/c1-5-22-13-9-10-14-23(22)30-24-19-28(25(32)35-27(2,3)4)15-17-29(24,18-16-28)31-26(33)34-20-21-11-7-6-8-12-21/h6-14,19,30H,5,15-18,20H2,1-4H3,(H,31,33). The van der Waals surface area contributed by atoms with E-state index in [0.29, 0.717) is 25.7 Å². The molecule has 2 aromatic carbocycles. The van der Waals surface area contributed by atoms with Gasteiger partial charge in [-0.1, -0.05) is 55.5 Å². The van der Waals surface area contributed by atoms with Crippen molar-refractivity contribution in [2.75, 3.05) is 5.32 Å². The molecule has 0 saturated heterocycles. The molecular formula is C29H36N2O4. The quantitative estimate of drug-likeness (QED) is 0.471. The van der Waals surface area contributed by atoms with Crippen LogP contribution in [0.5, 0.6) is 0 Å². The molecule has 3 aliphatic carbocycles. The number of hydrogen-bond donors (Lipinski definition) is 2. The smallest absolute Gasteiger partial charge is 0.408 e. The lowest BCUT2D eigenvalue weighted by atomic mass is 9.60.